The first kappa shape index (κ1) is 13.3. The monoisotopic (exact) mass is 282 g/mol. The van der Waals surface area contributed by atoms with Crippen LogP contribution in [0, 0.1) is 15.9 Å². The summed E-state index contributed by atoms with van der Waals surface area (Å²) in [6.45, 7) is 2.26. The van der Waals surface area contributed by atoms with Crippen molar-refractivity contribution in [2.24, 2.45) is 0 Å². The highest BCUT2D eigenvalue weighted by atomic mass is 19.1. The van der Waals surface area contributed by atoms with Gasteiger partial charge in [-0.25, -0.2) is 0 Å². The van der Waals surface area contributed by atoms with E-state index < -0.39 is 22.2 Å². The predicted molar refractivity (Wildman–Crippen MR) is 69.1 cm³/mol. The summed E-state index contributed by atoms with van der Waals surface area (Å²) in [5.41, 5.74) is -0.139. The van der Waals surface area contributed by atoms with Gasteiger partial charge in [-0.05, 0) is 12.1 Å². The van der Waals surface area contributed by atoms with E-state index in [0.717, 1.165) is 6.07 Å². The summed E-state index contributed by atoms with van der Waals surface area (Å²) in [6.07, 6.45) is 1.25. The topological polar surface area (TPSA) is 64.8 Å². The number of piperidine rings is 1. The van der Waals surface area contributed by atoms with Gasteiger partial charge in [0.25, 0.3) is 0 Å². The molecule has 0 amide bonds. The van der Waals surface area contributed by atoms with Crippen LogP contribution in [0.2, 0.25) is 0 Å². The standard InChI is InChI=1S/C13H15FN2O4/c14-10-2-1-3-11(12(10)16(17)18)15-6-4-13(5-7-15)19-8-9-20-13/h1-3H,4-9H2. The molecule has 0 aliphatic carbocycles. The maximum atomic E-state index is 13.6. The minimum absolute atomic E-state index is 0.322. The van der Waals surface area contributed by atoms with Gasteiger partial charge >= 0.3 is 5.69 Å². The van der Waals surface area contributed by atoms with Crippen molar-refractivity contribution >= 4 is 11.4 Å². The van der Waals surface area contributed by atoms with E-state index in [2.05, 4.69) is 0 Å². The number of nitro benzene ring substituents is 1. The normalized spacial score (nSPS) is 21.4. The van der Waals surface area contributed by atoms with Crippen LogP contribution in [0.1, 0.15) is 12.8 Å². The molecule has 0 aromatic heterocycles. The van der Waals surface area contributed by atoms with Crippen LogP contribution in [-0.2, 0) is 9.47 Å². The Morgan fingerprint density at radius 2 is 1.90 bits per heavy atom. The molecule has 2 fully saturated rings. The second-order valence-corrected chi connectivity index (χ2v) is 4.96. The molecule has 0 radical (unpaired) electrons. The van der Waals surface area contributed by atoms with Crippen LogP contribution >= 0.6 is 0 Å². The zero-order valence-corrected chi connectivity index (χ0v) is 10.9. The molecular formula is C13H15FN2O4. The van der Waals surface area contributed by atoms with Gasteiger partial charge in [0.1, 0.15) is 5.69 Å². The average molecular weight is 282 g/mol. The van der Waals surface area contributed by atoms with Gasteiger partial charge in [0.15, 0.2) is 5.79 Å². The molecule has 7 heteroatoms. The third-order valence-electron chi connectivity index (χ3n) is 3.83. The number of para-hydroxylation sites is 1. The number of ether oxygens (including phenoxy) is 2. The van der Waals surface area contributed by atoms with Crippen LogP contribution < -0.4 is 4.90 Å². The number of halogens is 1. The minimum atomic E-state index is -0.804. The summed E-state index contributed by atoms with van der Waals surface area (Å²) in [5.74, 6) is -1.35. The maximum Gasteiger partial charge on any atom is 0.327 e. The van der Waals surface area contributed by atoms with Crippen LogP contribution in [-0.4, -0.2) is 37.0 Å². The fourth-order valence-corrected chi connectivity index (χ4v) is 2.81. The lowest BCUT2D eigenvalue weighted by molar-refractivity contribution is -0.386. The molecule has 6 nitrogen and oxygen atoms in total. The number of benzene rings is 1. The number of anilines is 1. The van der Waals surface area contributed by atoms with E-state index in [1.54, 1.807) is 6.07 Å². The molecule has 1 spiro atoms. The third kappa shape index (κ3) is 2.23. The molecule has 0 unspecified atom stereocenters. The first-order valence-electron chi connectivity index (χ1n) is 6.57. The van der Waals surface area contributed by atoms with Crippen LogP contribution in [0.15, 0.2) is 18.2 Å². The van der Waals surface area contributed by atoms with Crippen molar-refractivity contribution < 1.29 is 18.8 Å². The van der Waals surface area contributed by atoms with E-state index >= 15 is 0 Å². The van der Waals surface area contributed by atoms with E-state index in [1.165, 1.54) is 6.07 Å². The van der Waals surface area contributed by atoms with E-state index in [0.29, 0.717) is 44.8 Å². The lowest BCUT2D eigenvalue weighted by Gasteiger charge is -2.38. The second-order valence-electron chi connectivity index (χ2n) is 4.96. The van der Waals surface area contributed by atoms with Crippen molar-refractivity contribution in [3.05, 3.63) is 34.1 Å². The van der Waals surface area contributed by atoms with Gasteiger partial charge in [-0.1, -0.05) is 6.07 Å². The van der Waals surface area contributed by atoms with Gasteiger partial charge in [0.2, 0.25) is 5.82 Å². The molecule has 2 aliphatic heterocycles. The lowest BCUT2D eigenvalue weighted by atomic mass is 10.0. The van der Waals surface area contributed by atoms with Gasteiger partial charge in [-0.3, -0.25) is 10.1 Å². The molecule has 0 saturated carbocycles. The van der Waals surface area contributed by atoms with Gasteiger partial charge in [-0.2, -0.15) is 4.39 Å². The fourth-order valence-electron chi connectivity index (χ4n) is 2.81. The Hall–Kier alpha value is -1.73. The Balaban J connectivity index is 1.81. The van der Waals surface area contributed by atoms with Gasteiger partial charge in [0, 0.05) is 25.9 Å². The van der Waals surface area contributed by atoms with Crippen LogP contribution in [0.3, 0.4) is 0 Å². The first-order valence-corrected chi connectivity index (χ1v) is 6.57. The summed E-state index contributed by atoms with van der Waals surface area (Å²) in [7, 11) is 0. The molecule has 20 heavy (non-hydrogen) atoms. The highest BCUT2D eigenvalue weighted by Crippen LogP contribution is 2.37. The summed E-state index contributed by atoms with van der Waals surface area (Å²) in [6, 6.07) is 4.18. The van der Waals surface area contributed by atoms with E-state index in [9.17, 15) is 14.5 Å². The molecule has 3 rings (SSSR count). The third-order valence-corrected chi connectivity index (χ3v) is 3.83. The number of nitro groups is 1. The van der Waals surface area contributed by atoms with E-state index in [1.807, 2.05) is 4.90 Å². The lowest BCUT2D eigenvalue weighted by Crippen LogP contribution is -2.45. The first-order chi connectivity index (χ1) is 9.61. The van der Waals surface area contributed by atoms with Crippen molar-refractivity contribution in [3.8, 4) is 0 Å². The van der Waals surface area contributed by atoms with Crippen LogP contribution in [0.4, 0.5) is 15.8 Å². The van der Waals surface area contributed by atoms with Crippen LogP contribution in [0.5, 0.6) is 0 Å². The quantitative estimate of drug-likeness (QED) is 0.613. The smallest absolute Gasteiger partial charge is 0.327 e. The largest absolute Gasteiger partial charge is 0.365 e. The maximum absolute atomic E-state index is 13.6. The fraction of sp³-hybridized carbons (Fsp3) is 0.538. The average Bonchev–Trinajstić information content (AvgIpc) is 2.87. The van der Waals surface area contributed by atoms with Gasteiger partial charge in [-0.15, -0.1) is 0 Å². The molecule has 0 bridgehead atoms. The van der Waals surface area contributed by atoms with Crippen molar-refractivity contribution in [1.29, 1.82) is 0 Å². The molecular weight excluding hydrogens is 267 g/mol. The highest BCUT2D eigenvalue weighted by molar-refractivity contribution is 5.64. The summed E-state index contributed by atoms with van der Waals surface area (Å²) >= 11 is 0. The summed E-state index contributed by atoms with van der Waals surface area (Å²) in [4.78, 5) is 12.2. The van der Waals surface area contributed by atoms with E-state index in [4.69, 9.17) is 9.47 Å². The Kier molecular flexibility index (Phi) is 3.31. The molecule has 2 heterocycles. The minimum Gasteiger partial charge on any atom is -0.365 e. The van der Waals surface area contributed by atoms with Crippen molar-refractivity contribution in [2.75, 3.05) is 31.2 Å². The molecule has 1 aromatic rings. The second kappa shape index (κ2) is 4.99. The molecule has 0 atom stereocenters. The number of nitrogens with zero attached hydrogens (tertiary/aromatic N) is 2. The molecule has 1 aromatic carbocycles. The molecule has 0 N–H and O–H groups in total. The molecule has 2 saturated heterocycles. The number of rotatable bonds is 2. The van der Waals surface area contributed by atoms with Crippen molar-refractivity contribution in [1.82, 2.24) is 0 Å². The number of hydrogen-bond donors (Lipinski definition) is 0. The van der Waals surface area contributed by atoms with Crippen molar-refractivity contribution in [3.63, 3.8) is 0 Å². The zero-order valence-electron chi connectivity index (χ0n) is 10.9. The summed E-state index contributed by atoms with van der Waals surface area (Å²) in [5, 5.41) is 11.0. The van der Waals surface area contributed by atoms with Crippen LogP contribution in [0.25, 0.3) is 0 Å². The van der Waals surface area contributed by atoms with Gasteiger partial charge in [0.05, 0.1) is 18.1 Å². The molecule has 108 valence electrons. The Morgan fingerprint density at radius 1 is 1.25 bits per heavy atom. The Morgan fingerprint density at radius 3 is 2.50 bits per heavy atom. The summed E-state index contributed by atoms with van der Waals surface area (Å²) < 4.78 is 24.9. The van der Waals surface area contributed by atoms with Gasteiger partial charge < -0.3 is 14.4 Å². The predicted octanol–water partition coefficient (Wildman–Crippen LogP) is 2.08. The SMILES string of the molecule is O=[N+]([O-])c1c(F)cccc1N1CCC2(CC1)OCCO2. The number of hydrogen-bond acceptors (Lipinski definition) is 5. The molecule has 2 aliphatic rings. The Bertz CT molecular complexity index is 521. The van der Waals surface area contributed by atoms with E-state index in [-0.39, 0.29) is 0 Å². The highest BCUT2D eigenvalue weighted by Gasteiger charge is 2.41. The Labute approximate surface area is 115 Å². The zero-order chi connectivity index (χ0) is 14.2. The van der Waals surface area contributed by atoms with Crippen molar-refractivity contribution in [2.45, 2.75) is 18.6 Å².